The summed E-state index contributed by atoms with van der Waals surface area (Å²) in [6.45, 7) is 9.61. The van der Waals surface area contributed by atoms with Gasteiger partial charge >= 0.3 is 18.1 Å². The molecule has 2 saturated carbocycles. The molecule has 1 aromatic carbocycles. The highest BCUT2D eigenvalue weighted by molar-refractivity contribution is 5.87. The van der Waals surface area contributed by atoms with Crippen LogP contribution in [0.2, 0.25) is 0 Å². The van der Waals surface area contributed by atoms with Crippen molar-refractivity contribution in [3.05, 3.63) is 71.1 Å². The van der Waals surface area contributed by atoms with Gasteiger partial charge in [-0.2, -0.15) is 13.2 Å². The first-order valence-corrected chi connectivity index (χ1v) is 14.3. The number of alkyl halides is 3. The van der Waals surface area contributed by atoms with Crippen molar-refractivity contribution in [3.63, 3.8) is 0 Å². The van der Waals surface area contributed by atoms with Crippen LogP contribution in [0, 0.1) is 11.3 Å². The molecule has 0 bridgehead atoms. The van der Waals surface area contributed by atoms with Crippen molar-refractivity contribution in [3.8, 4) is 0 Å². The zero-order valence-electron chi connectivity index (χ0n) is 24.1. The van der Waals surface area contributed by atoms with Crippen LogP contribution in [-0.4, -0.2) is 63.6 Å². The third-order valence-corrected chi connectivity index (χ3v) is 8.31. The van der Waals surface area contributed by atoms with E-state index in [-0.39, 0.29) is 23.1 Å². The SMILES string of the molecule is CCC(=Cc1ccccc1)C1C[C@@H]1N(C(=O)C(F)(F)F)C1CC2(C1)CN(Cc1ccc(C(=O)OC(C)(C)C)nc1)C2. The lowest BCUT2D eigenvalue weighted by Crippen LogP contribution is -2.67. The van der Waals surface area contributed by atoms with E-state index in [1.165, 1.54) is 4.90 Å². The standard InChI is InChI=1S/C32H38F3N3O3/c1-5-23(13-21-9-7-6-8-10-21)25-14-27(25)38(29(40)32(33,34)35)24-15-31(16-24)19-37(20-31)18-22-11-12-26(36-17-22)28(39)41-30(2,3)4/h6-13,17,24-25,27H,5,14-16,18-20H2,1-4H3/t25?,27-/m0/s1. The lowest BCUT2D eigenvalue weighted by molar-refractivity contribution is -0.197. The lowest BCUT2D eigenvalue weighted by atomic mass is 9.60. The average molecular weight is 570 g/mol. The maximum Gasteiger partial charge on any atom is 0.471 e. The molecule has 220 valence electrons. The highest BCUT2D eigenvalue weighted by atomic mass is 19.4. The molecule has 9 heteroatoms. The molecule has 0 N–H and O–H groups in total. The van der Waals surface area contributed by atoms with E-state index in [4.69, 9.17) is 4.74 Å². The Bertz CT molecular complexity index is 1290. The van der Waals surface area contributed by atoms with Gasteiger partial charge in [0.25, 0.3) is 0 Å². The molecule has 6 nitrogen and oxygen atoms in total. The van der Waals surface area contributed by atoms with Crippen molar-refractivity contribution in [1.82, 2.24) is 14.8 Å². The zero-order chi connectivity index (χ0) is 29.6. The Kier molecular flexibility index (Phi) is 7.78. The van der Waals surface area contributed by atoms with E-state index in [1.807, 2.05) is 43.3 Å². The molecule has 3 fully saturated rings. The minimum Gasteiger partial charge on any atom is -0.455 e. The van der Waals surface area contributed by atoms with Crippen LogP contribution in [0.4, 0.5) is 13.2 Å². The Morgan fingerprint density at radius 1 is 1.10 bits per heavy atom. The maximum atomic E-state index is 13.7. The summed E-state index contributed by atoms with van der Waals surface area (Å²) in [4.78, 5) is 32.5. The van der Waals surface area contributed by atoms with Crippen LogP contribution in [0.5, 0.6) is 0 Å². The fourth-order valence-corrected chi connectivity index (χ4v) is 6.49. The second-order valence-corrected chi connectivity index (χ2v) is 12.9. The van der Waals surface area contributed by atoms with Crippen molar-refractivity contribution < 1.29 is 27.5 Å². The van der Waals surface area contributed by atoms with Gasteiger partial charge in [-0.05, 0) is 69.1 Å². The van der Waals surface area contributed by atoms with Crippen molar-refractivity contribution in [2.24, 2.45) is 11.3 Å². The molecule has 5 rings (SSSR count). The number of esters is 1. The van der Waals surface area contributed by atoms with Crippen LogP contribution in [0.15, 0.2) is 54.2 Å². The van der Waals surface area contributed by atoms with Gasteiger partial charge in [-0.15, -0.1) is 0 Å². The summed E-state index contributed by atoms with van der Waals surface area (Å²) in [5, 5.41) is 0. The molecule has 0 radical (unpaired) electrons. The fraction of sp³-hybridized carbons (Fsp3) is 0.531. The topological polar surface area (TPSA) is 62.7 Å². The van der Waals surface area contributed by atoms with Crippen LogP contribution >= 0.6 is 0 Å². The number of rotatable bonds is 8. The van der Waals surface area contributed by atoms with E-state index >= 15 is 0 Å². The summed E-state index contributed by atoms with van der Waals surface area (Å²) >= 11 is 0. The van der Waals surface area contributed by atoms with Gasteiger partial charge < -0.3 is 9.64 Å². The van der Waals surface area contributed by atoms with Gasteiger partial charge in [0.1, 0.15) is 11.3 Å². The minimum absolute atomic E-state index is 0.0305. The number of halogens is 3. The van der Waals surface area contributed by atoms with Crippen molar-refractivity contribution in [1.29, 1.82) is 0 Å². The number of benzene rings is 1. The number of carbonyl (C=O) groups excluding carboxylic acids is 2. The number of carbonyl (C=O) groups is 2. The number of aromatic nitrogens is 1. The number of hydrogen-bond acceptors (Lipinski definition) is 5. The van der Waals surface area contributed by atoms with Gasteiger partial charge in [0.05, 0.1) is 0 Å². The third-order valence-electron chi connectivity index (χ3n) is 8.31. The second kappa shape index (κ2) is 10.9. The number of ether oxygens (including phenoxy) is 1. The Morgan fingerprint density at radius 3 is 2.34 bits per heavy atom. The summed E-state index contributed by atoms with van der Waals surface area (Å²) in [5.41, 5.74) is 2.68. The highest BCUT2D eigenvalue weighted by Gasteiger charge is 2.61. The number of amides is 1. The van der Waals surface area contributed by atoms with Crippen LogP contribution in [0.3, 0.4) is 0 Å². The Labute approximate surface area is 239 Å². The van der Waals surface area contributed by atoms with Gasteiger partial charge in [-0.1, -0.05) is 55.0 Å². The summed E-state index contributed by atoms with van der Waals surface area (Å²) < 4.78 is 46.4. The number of pyridine rings is 1. The van der Waals surface area contributed by atoms with E-state index < -0.39 is 29.7 Å². The monoisotopic (exact) mass is 569 g/mol. The number of hydrogen-bond donors (Lipinski definition) is 0. The van der Waals surface area contributed by atoms with Crippen LogP contribution in [0.1, 0.15) is 75.0 Å². The maximum absolute atomic E-state index is 13.7. The Hall–Kier alpha value is -3.20. The van der Waals surface area contributed by atoms with Crippen molar-refractivity contribution >= 4 is 18.0 Å². The Morgan fingerprint density at radius 2 is 1.78 bits per heavy atom. The summed E-state index contributed by atoms with van der Waals surface area (Å²) in [7, 11) is 0. The van der Waals surface area contributed by atoms with E-state index in [9.17, 15) is 22.8 Å². The predicted molar refractivity (Wildman–Crippen MR) is 150 cm³/mol. The first-order chi connectivity index (χ1) is 19.3. The first kappa shape index (κ1) is 29.3. The van der Waals surface area contributed by atoms with Gasteiger partial charge in [0.15, 0.2) is 0 Å². The average Bonchev–Trinajstić information content (AvgIpc) is 3.64. The normalized spacial score (nSPS) is 22.6. The Balaban J connectivity index is 1.17. The smallest absolute Gasteiger partial charge is 0.455 e. The third kappa shape index (κ3) is 6.66. The van der Waals surface area contributed by atoms with E-state index in [0.29, 0.717) is 25.8 Å². The molecule has 1 aliphatic heterocycles. The number of nitrogens with zero attached hydrogens (tertiary/aromatic N) is 3. The molecule has 2 aliphatic carbocycles. The van der Waals surface area contributed by atoms with E-state index in [1.54, 1.807) is 33.0 Å². The molecule has 2 atom stereocenters. The molecular formula is C32H38F3N3O3. The van der Waals surface area contributed by atoms with Gasteiger partial charge in [0.2, 0.25) is 0 Å². The second-order valence-electron chi connectivity index (χ2n) is 12.9. The lowest BCUT2D eigenvalue weighted by Gasteiger charge is -2.61. The minimum atomic E-state index is -4.88. The molecule has 1 spiro atoms. The molecule has 1 saturated heterocycles. The van der Waals surface area contributed by atoms with Crippen LogP contribution in [0.25, 0.3) is 6.08 Å². The predicted octanol–water partition coefficient (Wildman–Crippen LogP) is 6.27. The summed E-state index contributed by atoms with van der Waals surface area (Å²) in [6, 6.07) is 12.5. The molecule has 41 heavy (non-hydrogen) atoms. The summed E-state index contributed by atoms with van der Waals surface area (Å²) in [6.07, 6.45) is 1.34. The summed E-state index contributed by atoms with van der Waals surface area (Å²) in [5.74, 6) is -2.20. The van der Waals surface area contributed by atoms with Crippen LogP contribution < -0.4 is 0 Å². The molecule has 1 unspecified atom stereocenters. The molecule has 3 aliphatic rings. The van der Waals surface area contributed by atoms with Crippen molar-refractivity contribution in [2.75, 3.05) is 13.1 Å². The largest absolute Gasteiger partial charge is 0.471 e. The first-order valence-electron chi connectivity index (χ1n) is 14.3. The zero-order valence-corrected chi connectivity index (χ0v) is 24.1. The van der Waals surface area contributed by atoms with E-state index in [2.05, 4.69) is 16.0 Å². The fourth-order valence-electron chi connectivity index (χ4n) is 6.49. The molecule has 1 amide bonds. The highest BCUT2D eigenvalue weighted by Crippen LogP contribution is 2.55. The van der Waals surface area contributed by atoms with E-state index in [0.717, 1.165) is 36.2 Å². The molecule has 1 aromatic heterocycles. The van der Waals surface area contributed by atoms with Gasteiger partial charge in [0, 0.05) is 43.8 Å². The molecule has 2 heterocycles. The van der Waals surface area contributed by atoms with Gasteiger partial charge in [-0.25, -0.2) is 9.78 Å². The van der Waals surface area contributed by atoms with Gasteiger partial charge in [-0.3, -0.25) is 9.69 Å². The quantitative estimate of drug-likeness (QED) is 0.351. The van der Waals surface area contributed by atoms with Crippen LogP contribution in [-0.2, 0) is 16.1 Å². The molecular weight excluding hydrogens is 531 g/mol. The van der Waals surface area contributed by atoms with Crippen molar-refractivity contribution in [2.45, 2.75) is 83.8 Å². The molecule has 2 aromatic rings. The number of likely N-dealkylation sites (tertiary alicyclic amines) is 1.